The molecule has 4 heteroatoms. The van der Waals surface area contributed by atoms with Gasteiger partial charge in [-0.3, -0.25) is 0 Å². The van der Waals surface area contributed by atoms with Gasteiger partial charge in [-0.15, -0.1) is 0 Å². The topological polar surface area (TPSA) is 18.5 Å². The van der Waals surface area contributed by atoms with Crippen LogP contribution in [0.5, 0.6) is 0 Å². The Morgan fingerprint density at radius 1 is 0.605 bits per heavy atom. The number of hydrogen-bond acceptors (Lipinski definition) is 2. The fraction of sp³-hybridized carbons (Fsp3) is 0.294. The lowest BCUT2D eigenvalue weighted by Crippen LogP contribution is -2.41. The molecule has 38 heavy (non-hydrogen) atoms. The van der Waals surface area contributed by atoms with Gasteiger partial charge in [0.15, 0.2) is 0 Å². The third kappa shape index (κ3) is 4.84. The Kier molecular flexibility index (Phi) is 6.61. The Hall–Kier alpha value is -3.21. The SMILES string of the molecule is CC(C)(C)c1cccc(-c2ccc(F)c(-c3ccccc3-c3ccccc3B3OC(C)(C)C(C)(C)O3)c2)c1. The molecule has 0 amide bonds. The van der Waals surface area contributed by atoms with Gasteiger partial charge in [-0.1, -0.05) is 99.6 Å². The van der Waals surface area contributed by atoms with E-state index in [-0.39, 0.29) is 11.2 Å². The van der Waals surface area contributed by atoms with E-state index in [2.05, 4.69) is 78.8 Å². The molecule has 0 radical (unpaired) electrons. The molecular formula is C34H36BFO2. The summed E-state index contributed by atoms with van der Waals surface area (Å²) in [5.74, 6) is -0.249. The van der Waals surface area contributed by atoms with Crippen molar-refractivity contribution in [3.63, 3.8) is 0 Å². The van der Waals surface area contributed by atoms with E-state index in [4.69, 9.17) is 9.31 Å². The Balaban J connectivity index is 1.62. The number of halogens is 1. The van der Waals surface area contributed by atoms with Gasteiger partial charge in [0.05, 0.1) is 11.2 Å². The minimum atomic E-state index is -0.513. The fourth-order valence-electron chi connectivity index (χ4n) is 4.95. The fourth-order valence-corrected chi connectivity index (χ4v) is 4.95. The molecule has 5 rings (SSSR count). The van der Waals surface area contributed by atoms with Gasteiger partial charge in [0.2, 0.25) is 0 Å². The van der Waals surface area contributed by atoms with Crippen LogP contribution in [0.1, 0.15) is 54.0 Å². The van der Waals surface area contributed by atoms with Crippen molar-refractivity contribution in [3.05, 3.63) is 102 Å². The summed E-state index contributed by atoms with van der Waals surface area (Å²) >= 11 is 0. The highest BCUT2D eigenvalue weighted by atomic mass is 19.1. The lowest BCUT2D eigenvalue weighted by atomic mass is 9.73. The van der Waals surface area contributed by atoms with Crippen LogP contribution < -0.4 is 5.46 Å². The summed E-state index contributed by atoms with van der Waals surface area (Å²) in [6.45, 7) is 14.8. The Labute approximate surface area is 227 Å². The predicted molar refractivity (Wildman–Crippen MR) is 157 cm³/mol. The molecule has 0 aromatic heterocycles. The molecule has 1 aliphatic heterocycles. The summed E-state index contributed by atoms with van der Waals surface area (Å²) in [6, 6.07) is 30.0. The molecule has 1 heterocycles. The van der Waals surface area contributed by atoms with E-state index in [1.165, 1.54) is 5.56 Å². The zero-order valence-electron chi connectivity index (χ0n) is 23.4. The molecule has 0 unspecified atom stereocenters. The zero-order chi connectivity index (χ0) is 27.3. The van der Waals surface area contributed by atoms with Crippen LogP contribution in [0.25, 0.3) is 33.4 Å². The lowest BCUT2D eigenvalue weighted by Gasteiger charge is -2.32. The largest absolute Gasteiger partial charge is 0.495 e. The van der Waals surface area contributed by atoms with Gasteiger partial charge >= 0.3 is 7.12 Å². The van der Waals surface area contributed by atoms with E-state index in [0.717, 1.165) is 33.3 Å². The molecule has 1 aliphatic rings. The standard InChI is InChI=1S/C34H36BFO2/c1-32(2,3)25-14-12-13-23(21-25)24-19-20-31(36)29(22-24)27-16-9-8-15-26(27)28-17-10-11-18-30(28)35-37-33(4,5)34(6,7)38-35/h8-22H,1-7H3. The minimum absolute atomic E-state index is 0.0304. The van der Waals surface area contributed by atoms with E-state index >= 15 is 4.39 Å². The summed E-state index contributed by atoms with van der Waals surface area (Å²) in [4.78, 5) is 0. The second-order valence-corrected chi connectivity index (χ2v) is 12.2. The first kappa shape index (κ1) is 26.4. The van der Waals surface area contributed by atoms with Crippen molar-refractivity contribution in [3.8, 4) is 33.4 Å². The van der Waals surface area contributed by atoms with Gasteiger partial charge in [-0.25, -0.2) is 4.39 Å². The quantitative estimate of drug-likeness (QED) is 0.259. The van der Waals surface area contributed by atoms with Gasteiger partial charge in [-0.05, 0) is 84.1 Å². The Morgan fingerprint density at radius 3 is 1.79 bits per heavy atom. The highest BCUT2D eigenvalue weighted by Gasteiger charge is 2.52. The zero-order valence-corrected chi connectivity index (χ0v) is 23.4. The summed E-state index contributed by atoms with van der Waals surface area (Å²) in [7, 11) is -0.513. The van der Waals surface area contributed by atoms with Gasteiger partial charge in [-0.2, -0.15) is 0 Å². The average Bonchev–Trinajstić information content (AvgIpc) is 3.10. The normalized spacial score (nSPS) is 16.6. The monoisotopic (exact) mass is 506 g/mol. The highest BCUT2D eigenvalue weighted by Crippen LogP contribution is 2.39. The highest BCUT2D eigenvalue weighted by molar-refractivity contribution is 6.64. The molecule has 0 spiro atoms. The van der Waals surface area contributed by atoms with E-state index in [1.54, 1.807) is 6.07 Å². The molecule has 2 nitrogen and oxygen atoms in total. The Morgan fingerprint density at radius 2 is 1.16 bits per heavy atom. The molecule has 0 N–H and O–H groups in total. The van der Waals surface area contributed by atoms with Crippen LogP contribution in [0.15, 0.2) is 91.0 Å². The van der Waals surface area contributed by atoms with Gasteiger partial charge < -0.3 is 9.31 Å². The van der Waals surface area contributed by atoms with E-state index in [1.807, 2.05) is 54.6 Å². The molecule has 0 saturated carbocycles. The molecule has 1 saturated heterocycles. The van der Waals surface area contributed by atoms with E-state index < -0.39 is 18.3 Å². The lowest BCUT2D eigenvalue weighted by molar-refractivity contribution is 0.00578. The molecule has 1 fully saturated rings. The molecule has 194 valence electrons. The predicted octanol–water partition coefficient (Wildman–Crippen LogP) is 8.42. The van der Waals surface area contributed by atoms with Gasteiger partial charge in [0.1, 0.15) is 5.82 Å². The number of benzene rings is 4. The minimum Gasteiger partial charge on any atom is -0.399 e. The summed E-state index contributed by atoms with van der Waals surface area (Å²) in [5.41, 5.74) is 6.70. The van der Waals surface area contributed by atoms with Crippen LogP contribution in [0.2, 0.25) is 0 Å². The van der Waals surface area contributed by atoms with Gasteiger partial charge in [0, 0.05) is 5.56 Å². The molecule has 0 aliphatic carbocycles. The smallest absolute Gasteiger partial charge is 0.399 e. The molecule has 4 aromatic rings. The third-order valence-electron chi connectivity index (χ3n) is 8.00. The summed E-state index contributed by atoms with van der Waals surface area (Å²) in [5, 5.41) is 0. The van der Waals surface area contributed by atoms with Crippen LogP contribution in [0.4, 0.5) is 4.39 Å². The van der Waals surface area contributed by atoms with Crippen molar-refractivity contribution in [2.45, 2.75) is 65.1 Å². The average molecular weight is 506 g/mol. The van der Waals surface area contributed by atoms with Crippen LogP contribution in [-0.4, -0.2) is 18.3 Å². The summed E-state index contributed by atoms with van der Waals surface area (Å²) < 4.78 is 28.3. The maximum absolute atomic E-state index is 15.5. The van der Waals surface area contributed by atoms with Gasteiger partial charge in [0.25, 0.3) is 0 Å². The molecule has 0 atom stereocenters. The van der Waals surface area contributed by atoms with Crippen LogP contribution in [-0.2, 0) is 14.7 Å². The maximum Gasteiger partial charge on any atom is 0.495 e. The molecular weight excluding hydrogens is 470 g/mol. The number of hydrogen-bond donors (Lipinski definition) is 0. The second kappa shape index (κ2) is 9.52. The van der Waals surface area contributed by atoms with Crippen LogP contribution >= 0.6 is 0 Å². The Bertz CT molecular complexity index is 1470. The summed E-state index contributed by atoms with van der Waals surface area (Å²) in [6.07, 6.45) is 0. The van der Waals surface area contributed by atoms with Crippen molar-refractivity contribution in [1.82, 2.24) is 0 Å². The van der Waals surface area contributed by atoms with Crippen molar-refractivity contribution >= 4 is 12.6 Å². The van der Waals surface area contributed by atoms with Crippen molar-refractivity contribution < 1.29 is 13.7 Å². The maximum atomic E-state index is 15.5. The second-order valence-electron chi connectivity index (χ2n) is 12.2. The molecule has 4 aromatic carbocycles. The van der Waals surface area contributed by atoms with Crippen molar-refractivity contribution in [2.24, 2.45) is 0 Å². The van der Waals surface area contributed by atoms with Crippen molar-refractivity contribution in [1.29, 1.82) is 0 Å². The van der Waals surface area contributed by atoms with Crippen LogP contribution in [0.3, 0.4) is 0 Å². The van der Waals surface area contributed by atoms with Crippen molar-refractivity contribution in [2.75, 3.05) is 0 Å². The van der Waals surface area contributed by atoms with Crippen LogP contribution in [0, 0.1) is 5.82 Å². The van der Waals surface area contributed by atoms with E-state index in [0.29, 0.717) is 5.56 Å². The third-order valence-corrected chi connectivity index (χ3v) is 8.00. The number of rotatable bonds is 4. The first-order chi connectivity index (χ1) is 17.9. The first-order valence-corrected chi connectivity index (χ1v) is 13.3. The first-order valence-electron chi connectivity index (χ1n) is 13.3. The molecule has 0 bridgehead atoms. The van der Waals surface area contributed by atoms with E-state index in [9.17, 15) is 0 Å².